The summed E-state index contributed by atoms with van der Waals surface area (Å²) < 4.78 is 0. The summed E-state index contributed by atoms with van der Waals surface area (Å²) in [6.45, 7) is 2.48. The van der Waals surface area contributed by atoms with Crippen LogP contribution in [0.5, 0.6) is 0 Å². The van der Waals surface area contributed by atoms with Gasteiger partial charge in [0.15, 0.2) is 0 Å². The zero-order valence-electron chi connectivity index (χ0n) is 8.62. The topological polar surface area (TPSA) is 65.8 Å². The maximum absolute atomic E-state index is 11.5. The lowest BCUT2D eigenvalue weighted by Gasteiger charge is -2.00. The molecular weight excluding hydrogens is 210 g/mol. The van der Waals surface area contributed by atoms with Crippen molar-refractivity contribution in [3.63, 3.8) is 0 Å². The molecular formula is C10H13N3OS. The lowest BCUT2D eigenvalue weighted by Crippen LogP contribution is -2.24. The average molecular weight is 223 g/mol. The molecule has 1 rings (SSSR count). The van der Waals surface area contributed by atoms with E-state index >= 15 is 0 Å². The van der Waals surface area contributed by atoms with Crippen molar-refractivity contribution in [2.24, 2.45) is 0 Å². The Labute approximate surface area is 92.9 Å². The van der Waals surface area contributed by atoms with Gasteiger partial charge in [0, 0.05) is 18.3 Å². The van der Waals surface area contributed by atoms with E-state index in [1.807, 2.05) is 6.92 Å². The van der Waals surface area contributed by atoms with E-state index < -0.39 is 0 Å². The number of nitrogens with zero attached hydrogens (tertiary/aromatic N) is 2. The van der Waals surface area contributed by atoms with Crippen LogP contribution in [-0.4, -0.2) is 17.4 Å². The third-order valence-corrected chi connectivity index (χ3v) is 2.63. The minimum atomic E-state index is -0.128. The van der Waals surface area contributed by atoms with Crippen molar-refractivity contribution in [3.05, 3.63) is 16.1 Å². The maximum atomic E-state index is 11.5. The smallest absolute Gasteiger partial charge is 0.270 e. The van der Waals surface area contributed by atoms with Crippen LogP contribution >= 0.6 is 11.3 Å². The zero-order valence-corrected chi connectivity index (χ0v) is 9.43. The second kappa shape index (κ2) is 6.14. The fourth-order valence-electron chi connectivity index (χ4n) is 1.09. The fraction of sp³-hybridized carbons (Fsp3) is 0.500. The SMILES string of the molecule is Cc1nc(C(=O)NCCCCC#N)cs1. The third-order valence-electron chi connectivity index (χ3n) is 1.85. The van der Waals surface area contributed by atoms with Crippen LogP contribution in [0.1, 0.15) is 34.8 Å². The van der Waals surface area contributed by atoms with Crippen molar-refractivity contribution in [1.29, 1.82) is 5.26 Å². The van der Waals surface area contributed by atoms with Crippen molar-refractivity contribution >= 4 is 17.2 Å². The molecule has 0 bridgehead atoms. The van der Waals surface area contributed by atoms with E-state index in [-0.39, 0.29) is 5.91 Å². The molecule has 1 aromatic heterocycles. The lowest BCUT2D eigenvalue weighted by molar-refractivity contribution is 0.0948. The highest BCUT2D eigenvalue weighted by atomic mass is 32.1. The normalized spacial score (nSPS) is 9.60. The van der Waals surface area contributed by atoms with E-state index in [9.17, 15) is 4.79 Å². The number of nitrogens with one attached hydrogen (secondary N) is 1. The van der Waals surface area contributed by atoms with Gasteiger partial charge >= 0.3 is 0 Å². The molecule has 0 aliphatic heterocycles. The number of carbonyl (C=O) groups excluding carboxylic acids is 1. The van der Waals surface area contributed by atoms with Crippen molar-refractivity contribution in [1.82, 2.24) is 10.3 Å². The van der Waals surface area contributed by atoms with Crippen molar-refractivity contribution in [2.45, 2.75) is 26.2 Å². The molecule has 15 heavy (non-hydrogen) atoms. The van der Waals surface area contributed by atoms with Gasteiger partial charge in [-0.1, -0.05) is 0 Å². The molecule has 5 heteroatoms. The largest absolute Gasteiger partial charge is 0.351 e. The number of nitriles is 1. The van der Waals surface area contributed by atoms with Crippen LogP contribution in [0.4, 0.5) is 0 Å². The Hall–Kier alpha value is -1.41. The Balaban J connectivity index is 2.23. The molecule has 1 aromatic rings. The summed E-state index contributed by atoms with van der Waals surface area (Å²) in [5.74, 6) is -0.128. The molecule has 0 saturated heterocycles. The van der Waals surface area contributed by atoms with Crippen LogP contribution in [0.3, 0.4) is 0 Å². The first-order chi connectivity index (χ1) is 7.24. The van der Waals surface area contributed by atoms with Gasteiger partial charge in [0.1, 0.15) is 5.69 Å². The summed E-state index contributed by atoms with van der Waals surface area (Å²) in [4.78, 5) is 15.5. The monoisotopic (exact) mass is 223 g/mol. The maximum Gasteiger partial charge on any atom is 0.270 e. The standard InChI is InChI=1S/C10H13N3OS/c1-8-13-9(7-15-8)10(14)12-6-4-2-3-5-11/h7H,2-4,6H2,1H3,(H,12,14). The molecule has 0 aliphatic carbocycles. The number of carbonyl (C=O) groups is 1. The summed E-state index contributed by atoms with van der Waals surface area (Å²) >= 11 is 1.47. The van der Waals surface area contributed by atoms with Gasteiger partial charge in [0.05, 0.1) is 11.1 Å². The molecule has 0 unspecified atom stereocenters. The molecule has 0 radical (unpaired) electrons. The van der Waals surface area contributed by atoms with Gasteiger partial charge in [-0.15, -0.1) is 11.3 Å². The molecule has 1 amide bonds. The molecule has 0 spiro atoms. The molecule has 0 aromatic carbocycles. The van der Waals surface area contributed by atoms with Crippen LogP contribution < -0.4 is 5.32 Å². The molecule has 0 aliphatic rings. The van der Waals surface area contributed by atoms with Crippen LogP contribution in [0.15, 0.2) is 5.38 Å². The molecule has 4 nitrogen and oxygen atoms in total. The van der Waals surface area contributed by atoms with Crippen LogP contribution in [-0.2, 0) is 0 Å². The first kappa shape index (κ1) is 11.7. The molecule has 80 valence electrons. The van der Waals surface area contributed by atoms with Crippen LogP contribution in [0, 0.1) is 18.3 Å². The molecule has 1 heterocycles. The highest BCUT2D eigenvalue weighted by Gasteiger charge is 2.07. The summed E-state index contributed by atoms with van der Waals surface area (Å²) in [5.41, 5.74) is 0.484. The Bertz CT molecular complexity index is 367. The first-order valence-electron chi connectivity index (χ1n) is 4.81. The highest BCUT2D eigenvalue weighted by Crippen LogP contribution is 2.07. The zero-order chi connectivity index (χ0) is 11.1. The van der Waals surface area contributed by atoms with E-state index in [0.29, 0.717) is 18.7 Å². The summed E-state index contributed by atoms with van der Waals surface area (Å²) in [6.07, 6.45) is 2.21. The van der Waals surface area contributed by atoms with Crippen molar-refractivity contribution in [3.8, 4) is 6.07 Å². The third kappa shape index (κ3) is 4.09. The Morgan fingerprint density at radius 3 is 3.07 bits per heavy atom. The second-order valence-corrected chi connectivity index (χ2v) is 4.19. The quantitative estimate of drug-likeness (QED) is 0.775. The van der Waals surface area contributed by atoms with Crippen molar-refractivity contribution in [2.75, 3.05) is 6.54 Å². The molecule has 1 N–H and O–H groups in total. The molecule has 0 fully saturated rings. The predicted octanol–water partition coefficient (Wildman–Crippen LogP) is 1.88. The predicted molar refractivity (Wildman–Crippen MR) is 58.6 cm³/mol. The number of aromatic nitrogens is 1. The Morgan fingerprint density at radius 1 is 1.67 bits per heavy atom. The lowest BCUT2D eigenvalue weighted by atomic mass is 10.2. The van der Waals surface area contributed by atoms with E-state index in [4.69, 9.17) is 5.26 Å². The number of unbranched alkanes of at least 4 members (excludes halogenated alkanes) is 2. The second-order valence-electron chi connectivity index (χ2n) is 3.12. The van der Waals surface area contributed by atoms with Gasteiger partial charge in [-0.25, -0.2) is 4.98 Å². The van der Waals surface area contributed by atoms with E-state index in [1.165, 1.54) is 11.3 Å². The van der Waals surface area contributed by atoms with Gasteiger partial charge in [-0.3, -0.25) is 4.79 Å². The van der Waals surface area contributed by atoms with Gasteiger partial charge in [0.25, 0.3) is 5.91 Å². The fourth-order valence-corrected chi connectivity index (χ4v) is 1.68. The molecule has 0 atom stereocenters. The van der Waals surface area contributed by atoms with E-state index in [2.05, 4.69) is 16.4 Å². The average Bonchev–Trinajstić information content (AvgIpc) is 2.64. The van der Waals surface area contributed by atoms with Gasteiger partial charge in [-0.05, 0) is 19.8 Å². The summed E-state index contributed by atoms with van der Waals surface area (Å²) in [7, 11) is 0. The van der Waals surface area contributed by atoms with E-state index in [1.54, 1.807) is 5.38 Å². The van der Waals surface area contributed by atoms with Gasteiger partial charge in [-0.2, -0.15) is 5.26 Å². The van der Waals surface area contributed by atoms with Crippen LogP contribution in [0.2, 0.25) is 0 Å². The van der Waals surface area contributed by atoms with Crippen LogP contribution in [0.25, 0.3) is 0 Å². The minimum absolute atomic E-state index is 0.128. The Morgan fingerprint density at radius 2 is 2.47 bits per heavy atom. The summed E-state index contributed by atoms with van der Waals surface area (Å²) in [5, 5.41) is 13.7. The number of thiazole rings is 1. The van der Waals surface area contributed by atoms with Gasteiger partial charge in [0.2, 0.25) is 0 Å². The number of hydrogen-bond donors (Lipinski definition) is 1. The number of hydrogen-bond acceptors (Lipinski definition) is 4. The number of aryl methyl sites for hydroxylation is 1. The molecule has 0 saturated carbocycles. The van der Waals surface area contributed by atoms with Crippen molar-refractivity contribution < 1.29 is 4.79 Å². The first-order valence-corrected chi connectivity index (χ1v) is 5.69. The number of amides is 1. The summed E-state index contributed by atoms with van der Waals surface area (Å²) in [6, 6.07) is 2.07. The number of rotatable bonds is 5. The van der Waals surface area contributed by atoms with Gasteiger partial charge < -0.3 is 5.32 Å². The Kier molecular flexibility index (Phi) is 4.78. The highest BCUT2D eigenvalue weighted by molar-refractivity contribution is 7.09. The van der Waals surface area contributed by atoms with E-state index in [0.717, 1.165) is 17.8 Å². The minimum Gasteiger partial charge on any atom is -0.351 e.